The lowest BCUT2D eigenvalue weighted by Gasteiger charge is -2.27. The third-order valence-corrected chi connectivity index (χ3v) is 6.41. The number of ether oxygens (including phenoxy) is 3. The van der Waals surface area contributed by atoms with Crippen LogP contribution in [0.5, 0.6) is 11.5 Å². The van der Waals surface area contributed by atoms with Gasteiger partial charge in [-0.3, -0.25) is 9.59 Å². The lowest BCUT2D eigenvalue weighted by atomic mass is 10.1. The number of furan rings is 1. The Balaban J connectivity index is 1.75. The van der Waals surface area contributed by atoms with E-state index in [0.717, 1.165) is 16.9 Å². The Bertz CT molecular complexity index is 1180. The first-order valence-corrected chi connectivity index (χ1v) is 13.4. The highest BCUT2D eigenvalue weighted by Crippen LogP contribution is 2.28. The monoisotopic (exact) mass is 536 g/mol. The maximum Gasteiger partial charge on any atom is 0.242 e. The first-order chi connectivity index (χ1) is 18.9. The summed E-state index contributed by atoms with van der Waals surface area (Å²) < 4.78 is 22.0. The minimum Gasteiger partial charge on any atom is -0.493 e. The van der Waals surface area contributed by atoms with Crippen molar-refractivity contribution in [3.8, 4) is 11.5 Å². The van der Waals surface area contributed by atoms with Gasteiger partial charge in [-0.15, -0.1) is 0 Å². The van der Waals surface area contributed by atoms with Crippen molar-refractivity contribution in [2.45, 2.75) is 39.7 Å². The molecule has 0 aliphatic rings. The maximum absolute atomic E-state index is 13.7. The van der Waals surface area contributed by atoms with Gasteiger partial charge in [-0.2, -0.15) is 0 Å². The van der Waals surface area contributed by atoms with Gasteiger partial charge in [0.05, 0.1) is 33.7 Å². The van der Waals surface area contributed by atoms with Gasteiger partial charge in [0.25, 0.3) is 0 Å². The summed E-state index contributed by atoms with van der Waals surface area (Å²) in [7, 11) is 3.20. The molecule has 0 aliphatic heterocycles. The Kier molecular flexibility index (Phi) is 11.9. The van der Waals surface area contributed by atoms with Gasteiger partial charge in [-0.05, 0) is 62.1 Å². The van der Waals surface area contributed by atoms with Crippen LogP contribution in [0.25, 0.3) is 0 Å². The molecule has 3 rings (SSSR count). The molecule has 0 fully saturated rings. The van der Waals surface area contributed by atoms with E-state index in [2.05, 4.69) is 0 Å². The van der Waals surface area contributed by atoms with Crippen molar-refractivity contribution >= 4 is 11.8 Å². The largest absolute Gasteiger partial charge is 0.493 e. The highest BCUT2D eigenvalue weighted by molar-refractivity contribution is 5.86. The van der Waals surface area contributed by atoms with E-state index in [1.165, 1.54) is 0 Å². The van der Waals surface area contributed by atoms with Crippen molar-refractivity contribution in [3.05, 3.63) is 83.3 Å². The van der Waals surface area contributed by atoms with Crippen LogP contribution in [-0.2, 0) is 33.7 Å². The number of methoxy groups -OCH3 is 2. The molecule has 0 aliphatic carbocycles. The Morgan fingerprint density at radius 1 is 0.846 bits per heavy atom. The summed E-state index contributed by atoms with van der Waals surface area (Å²) in [5, 5.41) is 0. The summed E-state index contributed by atoms with van der Waals surface area (Å²) in [6.07, 6.45) is 1.50. The fourth-order valence-corrected chi connectivity index (χ4v) is 4.29. The van der Waals surface area contributed by atoms with Gasteiger partial charge in [0, 0.05) is 26.3 Å². The molecule has 0 bridgehead atoms. The quantitative estimate of drug-likeness (QED) is 0.248. The van der Waals surface area contributed by atoms with Crippen LogP contribution in [0.2, 0.25) is 0 Å². The molecule has 39 heavy (non-hydrogen) atoms. The molecule has 0 atom stereocenters. The van der Waals surface area contributed by atoms with Gasteiger partial charge in [-0.1, -0.05) is 36.4 Å². The highest BCUT2D eigenvalue weighted by Gasteiger charge is 2.23. The summed E-state index contributed by atoms with van der Waals surface area (Å²) in [5.41, 5.74) is 1.93. The molecule has 0 saturated heterocycles. The number of hydrogen-bond acceptors (Lipinski definition) is 6. The Morgan fingerprint density at radius 3 is 2.28 bits per heavy atom. The van der Waals surface area contributed by atoms with Gasteiger partial charge in [-0.25, -0.2) is 0 Å². The molecular formula is C31H40N2O6. The van der Waals surface area contributed by atoms with Crippen molar-refractivity contribution < 1.29 is 28.2 Å². The minimum atomic E-state index is -0.137. The van der Waals surface area contributed by atoms with Crippen molar-refractivity contribution in [3.63, 3.8) is 0 Å². The molecular weight excluding hydrogens is 496 g/mol. The second-order valence-electron chi connectivity index (χ2n) is 9.30. The second kappa shape index (κ2) is 15.6. The number of benzene rings is 2. The lowest BCUT2D eigenvalue weighted by molar-refractivity contribution is -0.140. The predicted molar refractivity (Wildman–Crippen MR) is 150 cm³/mol. The fraction of sp³-hybridized carbons (Fsp3) is 0.419. The molecule has 0 radical (unpaired) electrons. The van der Waals surface area contributed by atoms with Gasteiger partial charge in [0.1, 0.15) is 11.5 Å². The normalized spacial score (nSPS) is 10.8. The van der Waals surface area contributed by atoms with Gasteiger partial charge >= 0.3 is 0 Å². The van der Waals surface area contributed by atoms with Crippen LogP contribution < -0.4 is 9.47 Å². The van der Waals surface area contributed by atoms with E-state index in [0.29, 0.717) is 62.9 Å². The first kappa shape index (κ1) is 29.8. The maximum atomic E-state index is 13.7. The average Bonchev–Trinajstić information content (AvgIpc) is 3.37. The van der Waals surface area contributed by atoms with Crippen LogP contribution in [0, 0.1) is 6.92 Å². The molecule has 3 aromatic rings. The summed E-state index contributed by atoms with van der Waals surface area (Å²) in [6, 6.07) is 19.1. The first-order valence-electron chi connectivity index (χ1n) is 13.4. The molecule has 210 valence electrons. The molecule has 2 aromatic carbocycles. The highest BCUT2D eigenvalue weighted by atomic mass is 16.5. The van der Waals surface area contributed by atoms with Crippen molar-refractivity contribution in [2.75, 3.05) is 47.1 Å². The van der Waals surface area contributed by atoms with E-state index in [1.807, 2.05) is 74.5 Å². The zero-order chi connectivity index (χ0) is 28.0. The van der Waals surface area contributed by atoms with E-state index in [9.17, 15) is 9.59 Å². The molecule has 2 amide bonds. The number of hydrogen-bond donors (Lipinski definition) is 0. The molecule has 0 unspecified atom stereocenters. The number of rotatable bonds is 16. The van der Waals surface area contributed by atoms with Gasteiger partial charge in [0.2, 0.25) is 11.8 Å². The summed E-state index contributed by atoms with van der Waals surface area (Å²) in [5.74, 6) is 2.56. The zero-order valence-corrected chi connectivity index (χ0v) is 23.5. The van der Waals surface area contributed by atoms with Crippen LogP contribution in [0.1, 0.15) is 36.0 Å². The SMILES string of the molecule is CCOCCCN(CC(=O)N(CCc1ccc(OC)c(OC)c1)Cc1ccc(C)o1)C(=O)Cc1ccccc1. The zero-order valence-electron chi connectivity index (χ0n) is 23.5. The predicted octanol–water partition coefficient (Wildman–Crippen LogP) is 4.67. The van der Waals surface area contributed by atoms with Crippen LogP contribution in [0.15, 0.2) is 65.1 Å². The number of aryl methyl sites for hydroxylation is 1. The summed E-state index contributed by atoms with van der Waals surface area (Å²) in [6.45, 7) is 6.17. The Hall–Kier alpha value is -3.78. The topological polar surface area (TPSA) is 81.5 Å². The molecule has 0 spiro atoms. The van der Waals surface area contributed by atoms with Crippen molar-refractivity contribution in [2.24, 2.45) is 0 Å². The molecule has 0 N–H and O–H groups in total. The molecule has 1 heterocycles. The van der Waals surface area contributed by atoms with E-state index < -0.39 is 0 Å². The number of carbonyl (C=O) groups is 2. The fourth-order valence-electron chi connectivity index (χ4n) is 4.29. The smallest absolute Gasteiger partial charge is 0.242 e. The van der Waals surface area contributed by atoms with Crippen molar-refractivity contribution in [1.82, 2.24) is 9.80 Å². The molecule has 1 aromatic heterocycles. The second-order valence-corrected chi connectivity index (χ2v) is 9.30. The van der Waals surface area contributed by atoms with Crippen LogP contribution >= 0.6 is 0 Å². The number of amides is 2. The van der Waals surface area contributed by atoms with Gasteiger partial charge in [0.15, 0.2) is 11.5 Å². The average molecular weight is 537 g/mol. The Labute approximate surface area is 231 Å². The van der Waals surface area contributed by atoms with Crippen LogP contribution in [0.3, 0.4) is 0 Å². The molecule has 0 saturated carbocycles. The van der Waals surface area contributed by atoms with Crippen LogP contribution in [0.4, 0.5) is 0 Å². The number of nitrogens with zero attached hydrogens (tertiary/aromatic N) is 2. The number of carbonyl (C=O) groups excluding carboxylic acids is 2. The Morgan fingerprint density at radius 2 is 1.62 bits per heavy atom. The van der Waals surface area contributed by atoms with E-state index in [1.54, 1.807) is 24.0 Å². The standard InChI is InChI=1S/C31H40N2O6/c1-5-38-19-9-17-32(30(34)21-25-10-7-6-8-11-25)23-31(35)33(22-27-14-12-24(2)39-27)18-16-26-13-15-28(36-3)29(20-26)37-4/h6-8,10-15,20H,5,9,16-19,21-23H2,1-4H3. The van der Waals surface area contributed by atoms with E-state index in [-0.39, 0.29) is 24.8 Å². The summed E-state index contributed by atoms with van der Waals surface area (Å²) >= 11 is 0. The third kappa shape index (κ3) is 9.48. The van der Waals surface area contributed by atoms with E-state index >= 15 is 0 Å². The lowest BCUT2D eigenvalue weighted by Crippen LogP contribution is -2.44. The van der Waals surface area contributed by atoms with Crippen LogP contribution in [-0.4, -0.2) is 68.7 Å². The van der Waals surface area contributed by atoms with Crippen molar-refractivity contribution in [1.29, 1.82) is 0 Å². The van der Waals surface area contributed by atoms with Gasteiger partial charge < -0.3 is 28.4 Å². The third-order valence-electron chi connectivity index (χ3n) is 6.41. The molecule has 8 heteroatoms. The molecule has 8 nitrogen and oxygen atoms in total. The summed E-state index contributed by atoms with van der Waals surface area (Å²) in [4.78, 5) is 30.3. The van der Waals surface area contributed by atoms with E-state index in [4.69, 9.17) is 18.6 Å². The minimum absolute atomic E-state index is 0.0105.